The van der Waals surface area contributed by atoms with Gasteiger partial charge >= 0.3 is 5.82 Å². The van der Waals surface area contributed by atoms with Crippen molar-refractivity contribution in [1.82, 2.24) is 9.78 Å². The quantitative estimate of drug-likeness (QED) is 0.472. The van der Waals surface area contributed by atoms with Gasteiger partial charge in [-0.3, -0.25) is 0 Å². The number of benzene rings is 3. The SMILES string of the molecule is Cc1cccc(C)c1-n1c[n+](-c2c(C)cccc2C)c(-c2ccccc2)n1. The average Bonchev–Trinajstić information content (AvgIpc) is 3.07. The van der Waals surface area contributed by atoms with E-state index in [1.54, 1.807) is 0 Å². The Morgan fingerprint density at radius 1 is 0.667 bits per heavy atom. The zero-order valence-electron chi connectivity index (χ0n) is 16.3. The Labute approximate surface area is 160 Å². The van der Waals surface area contributed by atoms with E-state index in [0.717, 1.165) is 17.1 Å². The van der Waals surface area contributed by atoms with Crippen molar-refractivity contribution in [3.8, 4) is 22.8 Å². The highest BCUT2D eigenvalue weighted by Gasteiger charge is 2.25. The Kier molecular flexibility index (Phi) is 4.36. The molecule has 0 unspecified atom stereocenters. The highest BCUT2D eigenvalue weighted by Crippen LogP contribution is 2.22. The first-order chi connectivity index (χ1) is 13.1. The molecule has 0 radical (unpaired) electrons. The van der Waals surface area contributed by atoms with Crippen LogP contribution in [0.2, 0.25) is 0 Å². The van der Waals surface area contributed by atoms with Crippen LogP contribution in [0.15, 0.2) is 73.1 Å². The summed E-state index contributed by atoms with van der Waals surface area (Å²) in [6, 6.07) is 23.2. The summed E-state index contributed by atoms with van der Waals surface area (Å²) in [6.45, 7) is 8.58. The van der Waals surface area contributed by atoms with Crippen LogP contribution in [0.5, 0.6) is 0 Å². The Bertz CT molecular complexity index is 1070. The molecule has 0 saturated carbocycles. The van der Waals surface area contributed by atoms with Crippen LogP contribution in [0.25, 0.3) is 22.8 Å². The van der Waals surface area contributed by atoms with Crippen molar-refractivity contribution in [2.75, 3.05) is 0 Å². The van der Waals surface area contributed by atoms with Gasteiger partial charge in [-0.1, -0.05) is 59.3 Å². The fraction of sp³-hybridized carbons (Fsp3) is 0.167. The number of nitrogens with zero attached hydrogens (tertiary/aromatic N) is 3. The number of aromatic nitrogens is 3. The molecular formula is C24H24N3+. The number of rotatable bonds is 3. The second-order valence-corrected chi connectivity index (χ2v) is 7.10. The topological polar surface area (TPSA) is 21.7 Å². The first-order valence-electron chi connectivity index (χ1n) is 9.26. The van der Waals surface area contributed by atoms with E-state index in [9.17, 15) is 0 Å². The summed E-state index contributed by atoms with van der Waals surface area (Å²) in [7, 11) is 0. The van der Waals surface area contributed by atoms with Gasteiger partial charge in [-0.25, -0.2) is 0 Å². The molecule has 0 bridgehead atoms. The summed E-state index contributed by atoms with van der Waals surface area (Å²) >= 11 is 0. The molecule has 4 aromatic rings. The average molecular weight is 354 g/mol. The van der Waals surface area contributed by atoms with E-state index < -0.39 is 0 Å². The van der Waals surface area contributed by atoms with E-state index in [4.69, 9.17) is 5.10 Å². The zero-order valence-corrected chi connectivity index (χ0v) is 16.3. The van der Waals surface area contributed by atoms with Crippen molar-refractivity contribution in [2.45, 2.75) is 27.7 Å². The van der Waals surface area contributed by atoms with Gasteiger partial charge in [-0.05, 0) is 62.1 Å². The number of para-hydroxylation sites is 2. The zero-order chi connectivity index (χ0) is 19.0. The van der Waals surface area contributed by atoms with Gasteiger partial charge in [0.05, 0.1) is 10.7 Å². The Morgan fingerprint density at radius 2 is 1.22 bits per heavy atom. The fourth-order valence-electron chi connectivity index (χ4n) is 3.75. The maximum absolute atomic E-state index is 5.01. The van der Waals surface area contributed by atoms with Crippen LogP contribution in [0, 0.1) is 27.7 Å². The Balaban J connectivity index is 2.02. The maximum atomic E-state index is 5.01. The summed E-state index contributed by atoms with van der Waals surface area (Å²) in [6.07, 6.45) is 2.10. The monoisotopic (exact) mass is 354 g/mol. The summed E-state index contributed by atoms with van der Waals surface area (Å²) in [4.78, 5) is 0. The molecule has 0 atom stereocenters. The first kappa shape index (κ1) is 17.2. The van der Waals surface area contributed by atoms with Gasteiger partial charge in [-0.15, -0.1) is 0 Å². The molecule has 3 heteroatoms. The van der Waals surface area contributed by atoms with Crippen molar-refractivity contribution in [3.63, 3.8) is 0 Å². The lowest BCUT2D eigenvalue weighted by atomic mass is 10.1. The number of hydrogen-bond donors (Lipinski definition) is 0. The molecule has 0 aliphatic carbocycles. The summed E-state index contributed by atoms with van der Waals surface area (Å²) in [5, 5.41) is 5.01. The maximum Gasteiger partial charge on any atom is 0.314 e. The van der Waals surface area contributed by atoms with Crippen LogP contribution in [0.4, 0.5) is 0 Å². The van der Waals surface area contributed by atoms with Crippen LogP contribution < -0.4 is 4.57 Å². The van der Waals surface area contributed by atoms with E-state index in [1.165, 1.54) is 27.9 Å². The molecule has 1 heterocycles. The summed E-state index contributed by atoms with van der Waals surface area (Å²) in [5.74, 6) is 0.940. The van der Waals surface area contributed by atoms with Crippen LogP contribution >= 0.6 is 0 Å². The van der Waals surface area contributed by atoms with Gasteiger partial charge in [0.25, 0.3) is 0 Å². The van der Waals surface area contributed by atoms with E-state index in [0.29, 0.717) is 0 Å². The molecule has 0 aliphatic heterocycles. The lowest BCUT2D eigenvalue weighted by Crippen LogP contribution is -2.33. The normalized spacial score (nSPS) is 11.0. The van der Waals surface area contributed by atoms with Crippen LogP contribution in [0.1, 0.15) is 22.3 Å². The molecule has 0 saturated heterocycles. The van der Waals surface area contributed by atoms with Crippen molar-refractivity contribution >= 4 is 0 Å². The minimum atomic E-state index is 0.940. The molecule has 1 aromatic heterocycles. The van der Waals surface area contributed by atoms with Gasteiger partial charge in [0.2, 0.25) is 6.33 Å². The van der Waals surface area contributed by atoms with Crippen LogP contribution in [-0.2, 0) is 0 Å². The van der Waals surface area contributed by atoms with Crippen LogP contribution in [0.3, 0.4) is 0 Å². The second-order valence-electron chi connectivity index (χ2n) is 7.10. The Hall–Kier alpha value is -3.20. The van der Waals surface area contributed by atoms with Gasteiger partial charge in [0, 0.05) is 0 Å². The molecule has 0 amide bonds. The third-order valence-corrected chi connectivity index (χ3v) is 5.04. The van der Waals surface area contributed by atoms with E-state index in [1.807, 2.05) is 10.7 Å². The third-order valence-electron chi connectivity index (χ3n) is 5.04. The van der Waals surface area contributed by atoms with Crippen molar-refractivity contribution < 1.29 is 4.57 Å². The van der Waals surface area contributed by atoms with Crippen LogP contribution in [-0.4, -0.2) is 9.78 Å². The van der Waals surface area contributed by atoms with E-state index >= 15 is 0 Å². The number of hydrogen-bond acceptors (Lipinski definition) is 1. The largest absolute Gasteiger partial charge is 0.314 e. The van der Waals surface area contributed by atoms with Crippen molar-refractivity contribution in [1.29, 1.82) is 0 Å². The van der Waals surface area contributed by atoms with Gasteiger partial charge in [0.1, 0.15) is 11.4 Å². The van der Waals surface area contributed by atoms with E-state index in [-0.39, 0.29) is 0 Å². The third kappa shape index (κ3) is 3.06. The minimum absolute atomic E-state index is 0.940. The second kappa shape index (κ2) is 6.84. The molecule has 0 fully saturated rings. The molecular weight excluding hydrogens is 330 g/mol. The molecule has 134 valence electrons. The van der Waals surface area contributed by atoms with Gasteiger partial charge < -0.3 is 0 Å². The molecule has 0 aliphatic rings. The molecule has 3 aromatic carbocycles. The molecule has 0 spiro atoms. The standard InChI is InChI=1S/C24H24N3/c1-17-10-8-11-18(2)22(17)26-16-27(23-19(3)12-9-13-20(23)4)25-24(26)21-14-6-5-7-15-21/h5-16H,1-4H3/q+1. The summed E-state index contributed by atoms with van der Waals surface area (Å²) in [5.41, 5.74) is 8.33. The molecule has 27 heavy (non-hydrogen) atoms. The number of aryl methyl sites for hydroxylation is 4. The molecule has 4 rings (SSSR count). The minimum Gasteiger partial charge on any atom is -0.196 e. The molecule has 0 N–H and O–H groups in total. The fourth-order valence-corrected chi connectivity index (χ4v) is 3.75. The Morgan fingerprint density at radius 3 is 1.81 bits per heavy atom. The summed E-state index contributed by atoms with van der Waals surface area (Å²) < 4.78 is 4.23. The lowest BCUT2D eigenvalue weighted by Gasteiger charge is -2.07. The van der Waals surface area contributed by atoms with Gasteiger partial charge in [-0.2, -0.15) is 4.57 Å². The highest BCUT2D eigenvalue weighted by molar-refractivity contribution is 5.54. The predicted octanol–water partition coefficient (Wildman–Crippen LogP) is 5.05. The first-order valence-corrected chi connectivity index (χ1v) is 9.26. The van der Waals surface area contributed by atoms with Gasteiger partial charge in [0.15, 0.2) is 0 Å². The highest BCUT2D eigenvalue weighted by atomic mass is 15.4. The molecule has 3 nitrogen and oxygen atoms in total. The van der Waals surface area contributed by atoms with Crippen molar-refractivity contribution in [2.24, 2.45) is 0 Å². The lowest BCUT2D eigenvalue weighted by molar-refractivity contribution is -0.585. The van der Waals surface area contributed by atoms with E-state index in [2.05, 4.69) is 99.3 Å². The van der Waals surface area contributed by atoms with Crippen molar-refractivity contribution in [3.05, 3.63) is 95.3 Å². The smallest absolute Gasteiger partial charge is 0.196 e. The predicted molar refractivity (Wildman–Crippen MR) is 109 cm³/mol.